The van der Waals surface area contributed by atoms with Crippen LogP contribution in [0.2, 0.25) is 0 Å². The number of nitrogens with two attached hydrogens (primary N) is 1. The number of carbonyl (C=O) groups excluding carboxylic acids is 1. The maximum absolute atomic E-state index is 12.6. The Morgan fingerprint density at radius 1 is 1.37 bits per heavy atom. The number of benzene rings is 1. The molecule has 104 valence electrons. The van der Waals surface area contributed by atoms with Gasteiger partial charge in [0.2, 0.25) is 5.91 Å². The van der Waals surface area contributed by atoms with Crippen molar-refractivity contribution < 1.29 is 4.79 Å². The van der Waals surface area contributed by atoms with Crippen LogP contribution in [0.1, 0.15) is 37.8 Å². The van der Waals surface area contributed by atoms with E-state index in [0.29, 0.717) is 12.5 Å². The first kappa shape index (κ1) is 14.1. The molecule has 3 atom stereocenters. The molecular weight excluding hydrogens is 236 g/mol. The third kappa shape index (κ3) is 2.98. The summed E-state index contributed by atoms with van der Waals surface area (Å²) >= 11 is 0. The van der Waals surface area contributed by atoms with Crippen molar-refractivity contribution in [3.63, 3.8) is 0 Å². The summed E-state index contributed by atoms with van der Waals surface area (Å²) < 4.78 is 0. The third-order valence-corrected chi connectivity index (χ3v) is 4.49. The Morgan fingerprint density at radius 2 is 2.05 bits per heavy atom. The largest absolute Gasteiger partial charge is 0.339 e. The summed E-state index contributed by atoms with van der Waals surface area (Å²) in [6.07, 6.45) is 3.22. The van der Waals surface area contributed by atoms with Crippen molar-refractivity contribution in [3.05, 3.63) is 35.9 Å². The summed E-state index contributed by atoms with van der Waals surface area (Å²) in [6, 6.07) is 10.3. The van der Waals surface area contributed by atoms with Crippen LogP contribution in [0.5, 0.6) is 0 Å². The molecule has 19 heavy (non-hydrogen) atoms. The Bertz CT molecular complexity index is 418. The average Bonchev–Trinajstić information content (AvgIpc) is 2.94. The molecule has 0 bridgehead atoms. The Kier molecular flexibility index (Phi) is 4.59. The first-order valence-corrected chi connectivity index (χ1v) is 7.16. The molecule has 1 unspecified atom stereocenters. The van der Waals surface area contributed by atoms with E-state index in [9.17, 15) is 4.79 Å². The summed E-state index contributed by atoms with van der Waals surface area (Å²) in [7, 11) is 1.91. The minimum atomic E-state index is 0.118. The topological polar surface area (TPSA) is 46.3 Å². The van der Waals surface area contributed by atoms with Crippen molar-refractivity contribution in [1.29, 1.82) is 0 Å². The van der Waals surface area contributed by atoms with Crippen LogP contribution in [0.3, 0.4) is 0 Å². The summed E-state index contributed by atoms with van der Waals surface area (Å²) in [5.41, 5.74) is 6.96. The first-order valence-electron chi connectivity index (χ1n) is 7.16. The highest BCUT2D eigenvalue weighted by atomic mass is 16.2. The summed E-state index contributed by atoms with van der Waals surface area (Å²) in [4.78, 5) is 14.5. The van der Waals surface area contributed by atoms with Gasteiger partial charge in [-0.25, -0.2) is 0 Å². The van der Waals surface area contributed by atoms with Gasteiger partial charge < -0.3 is 10.6 Å². The highest BCUT2D eigenvalue weighted by Crippen LogP contribution is 2.33. The molecular formula is C16H24N2O. The molecule has 1 aliphatic carbocycles. The standard InChI is InChI=1S/C16H24N2O/c1-12(13-7-4-3-5-8-13)18(2)16(19)15-10-6-9-14(15)11-17/h3-5,7-8,12,14-15H,6,9-11,17H2,1-2H3/t12?,14-,15-/m1/s1. The van der Waals surface area contributed by atoms with Crippen molar-refractivity contribution in [1.82, 2.24) is 4.90 Å². The maximum atomic E-state index is 12.6. The average molecular weight is 260 g/mol. The molecule has 2 N–H and O–H groups in total. The fraction of sp³-hybridized carbons (Fsp3) is 0.562. The van der Waals surface area contributed by atoms with Crippen LogP contribution in [0.25, 0.3) is 0 Å². The Labute approximate surface area is 115 Å². The van der Waals surface area contributed by atoms with Gasteiger partial charge in [-0.1, -0.05) is 36.8 Å². The molecule has 0 saturated heterocycles. The predicted octanol–water partition coefficient (Wildman–Crippen LogP) is 2.58. The van der Waals surface area contributed by atoms with E-state index in [-0.39, 0.29) is 17.9 Å². The molecule has 1 amide bonds. The maximum Gasteiger partial charge on any atom is 0.226 e. The van der Waals surface area contributed by atoms with E-state index in [1.54, 1.807) is 0 Å². The van der Waals surface area contributed by atoms with E-state index in [2.05, 4.69) is 19.1 Å². The second kappa shape index (κ2) is 6.20. The zero-order chi connectivity index (χ0) is 13.8. The van der Waals surface area contributed by atoms with Gasteiger partial charge in [-0.15, -0.1) is 0 Å². The summed E-state index contributed by atoms with van der Waals surface area (Å²) in [5.74, 6) is 0.753. The van der Waals surface area contributed by atoms with Crippen LogP contribution in [0.4, 0.5) is 0 Å². The molecule has 0 radical (unpaired) electrons. The van der Waals surface area contributed by atoms with Gasteiger partial charge in [0.05, 0.1) is 6.04 Å². The van der Waals surface area contributed by atoms with Crippen molar-refractivity contribution in [2.24, 2.45) is 17.6 Å². The lowest BCUT2D eigenvalue weighted by Gasteiger charge is -2.30. The minimum absolute atomic E-state index is 0.118. The first-order chi connectivity index (χ1) is 9.15. The zero-order valence-electron chi connectivity index (χ0n) is 11.9. The monoisotopic (exact) mass is 260 g/mol. The third-order valence-electron chi connectivity index (χ3n) is 4.49. The van der Waals surface area contributed by atoms with Crippen LogP contribution in [0, 0.1) is 11.8 Å². The lowest BCUT2D eigenvalue weighted by molar-refractivity contribution is -0.137. The van der Waals surface area contributed by atoms with Crippen molar-refractivity contribution in [2.75, 3.05) is 13.6 Å². The van der Waals surface area contributed by atoms with Gasteiger partial charge in [-0.05, 0) is 37.8 Å². The number of rotatable bonds is 4. The molecule has 1 aromatic carbocycles. The normalized spacial score (nSPS) is 24.2. The van der Waals surface area contributed by atoms with Gasteiger partial charge in [-0.3, -0.25) is 4.79 Å². The Morgan fingerprint density at radius 3 is 2.68 bits per heavy atom. The molecule has 0 aliphatic heterocycles. The van der Waals surface area contributed by atoms with Crippen LogP contribution in [-0.2, 0) is 4.79 Å². The number of hydrogen-bond donors (Lipinski definition) is 1. The Balaban J connectivity index is 2.06. The number of amides is 1. The fourth-order valence-electron chi connectivity index (χ4n) is 3.05. The highest BCUT2D eigenvalue weighted by molar-refractivity contribution is 5.79. The van der Waals surface area contributed by atoms with Crippen LogP contribution < -0.4 is 5.73 Å². The smallest absolute Gasteiger partial charge is 0.226 e. The molecule has 0 heterocycles. The van der Waals surface area contributed by atoms with Gasteiger partial charge in [0.1, 0.15) is 0 Å². The van der Waals surface area contributed by atoms with E-state index in [1.807, 2.05) is 30.1 Å². The molecule has 1 aliphatic rings. The summed E-state index contributed by atoms with van der Waals surface area (Å²) in [5, 5.41) is 0. The number of carbonyl (C=O) groups is 1. The van der Waals surface area contributed by atoms with Gasteiger partial charge in [0, 0.05) is 13.0 Å². The van der Waals surface area contributed by atoms with Crippen LogP contribution in [0.15, 0.2) is 30.3 Å². The molecule has 1 aromatic rings. The van der Waals surface area contributed by atoms with E-state index in [4.69, 9.17) is 5.73 Å². The fourth-order valence-corrected chi connectivity index (χ4v) is 3.05. The summed E-state index contributed by atoms with van der Waals surface area (Å²) in [6.45, 7) is 2.71. The number of hydrogen-bond acceptors (Lipinski definition) is 2. The molecule has 0 spiro atoms. The SMILES string of the molecule is CC(c1ccccc1)N(C)C(=O)[C@@H]1CCC[C@@H]1CN. The van der Waals surface area contributed by atoms with E-state index in [1.165, 1.54) is 5.56 Å². The minimum Gasteiger partial charge on any atom is -0.339 e. The van der Waals surface area contributed by atoms with Crippen LogP contribution in [-0.4, -0.2) is 24.4 Å². The second-order valence-electron chi connectivity index (χ2n) is 5.57. The predicted molar refractivity (Wildman–Crippen MR) is 77.5 cm³/mol. The number of nitrogens with zero attached hydrogens (tertiary/aromatic N) is 1. The highest BCUT2D eigenvalue weighted by Gasteiger charge is 2.34. The van der Waals surface area contributed by atoms with Gasteiger partial charge in [-0.2, -0.15) is 0 Å². The van der Waals surface area contributed by atoms with E-state index >= 15 is 0 Å². The molecule has 3 heteroatoms. The molecule has 1 fully saturated rings. The van der Waals surface area contributed by atoms with E-state index < -0.39 is 0 Å². The molecule has 3 nitrogen and oxygen atoms in total. The van der Waals surface area contributed by atoms with Crippen molar-refractivity contribution >= 4 is 5.91 Å². The lowest BCUT2D eigenvalue weighted by Crippen LogP contribution is -2.38. The van der Waals surface area contributed by atoms with Crippen LogP contribution >= 0.6 is 0 Å². The molecule has 1 saturated carbocycles. The Hall–Kier alpha value is -1.35. The van der Waals surface area contributed by atoms with Gasteiger partial charge >= 0.3 is 0 Å². The molecule has 0 aromatic heterocycles. The lowest BCUT2D eigenvalue weighted by atomic mass is 9.94. The second-order valence-corrected chi connectivity index (χ2v) is 5.57. The molecule has 2 rings (SSSR count). The van der Waals surface area contributed by atoms with Crippen molar-refractivity contribution in [2.45, 2.75) is 32.2 Å². The van der Waals surface area contributed by atoms with E-state index in [0.717, 1.165) is 19.3 Å². The van der Waals surface area contributed by atoms with Gasteiger partial charge in [0.25, 0.3) is 0 Å². The zero-order valence-corrected chi connectivity index (χ0v) is 11.9. The quantitative estimate of drug-likeness (QED) is 0.904. The van der Waals surface area contributed by atoms with Gasteiger partial charge in [0.15, 0.2) is 0 Å². The van der Waals surface area contributed by atoms with Crippen molar-refractivity contribution in [3.8, 4) is 0 Å².